The van der Waals surface area contributed by atoms with Crippen molar-refractivity contribution in [1.82, 2.24) is 0 Å². The molecule has 2 N–H and O–H groups in total. The van der Waals surface area contributed by atoms with Gasteiger partial charge in [0.1, 0.15) is 0 Å². The minimum Gasteiger partial charge on any atom is -0.325 e. The summed E-state index contributed by atoms with van der Waals surface area (Å²) in [4.78, 5) is 11.7. The van der Waals surface area contributed by atoms with E-state index in [4.69, 9.17) is 17.0 Å². The van der Waals surface area contributed by atoms with Crippen LogP contribution in [0.15, 0.2) is 12.1 Å². The maximum Gasteiger partial charge on any atom is 0.227 e. The molecule has 0 spiro atoms. The third-order valence-corrected chi connectivity index (χ3v) is 3.11. The molecular formula is C13H15ClN2O. The third-order valence-electron chi connectivity index (χ3n) is 2.82. The van der Waals surface area contributed by atoms with Crippen molar-refractivity contribution in [2.75, 3.05) is 5.32 Å². The first-order valence-corrected chi connectivity index (χ1v) is 6.03. The Morgan fingerprint density at radius 1 is 1.47 bits per heavy atom. The van der Waals surface area contributed by atoms with Gasteiger partial charge in [0.2, 0.25) is 5.91 Å². The molecule has 2 rings (SSSR count). The predicted octanol–water partition coefficient (Wildman–Crippen LogP) is 3.38. The van der Waals surface area contributed by atoms with Gasteiger partial charge in [-0.3, -0.25) is 4.79 Å². The number of anilines is 1. The van der Waals surface area contributed by atoms with Crippen molar-refractivity contribution in [3.05, 3.63) is 28.3 Å². The first-order chi connectivity index (χ1) is 7.99. The predicted molar refractivity (Wildman–Crippen MR) is 70.0 cm³/mol. The van der Waals surface area contributed by atoms with E-state index < -0.39 is 0 Å². The van der Waals surface area contributed by atoms with Gasteiger partial charge >= 0.3 is 0 Å². The number of nitrogens with one attached hydrogen (secondary N) is 2. The fourth-order valence-corrected chi connectivity index (χ4v) is 2.22. The molecule has 0 radical (unpaired) electrons. The van der Waals surface area contributed by atoms with E-state index >= 15 is 0 Å². The van der Waals surface area contributed by atoms with Gasteiger partial charge in [-0.2, -0.15) is 0 Å². The minimum atomic E-state index is 0.0363. The number of amides is 1. The summed E-state index contributed by atoms with van der Waals surface area (Å²) in [5.74, 6) is 0.183. The van der Waals surface area contributed by atoms with Gasteiger partial charge in [0, 0.05) is 17.2 Å². The number of hydrogen-bond donors (Lipinski definition) is 2. The highest BCUT2D eigenvalue weighted by Gasteiger charge is 2.30. The molecule has 0 unspecified atom stereocenters. The summed E-state index contributed by atoms with van der Waals surface area (Å²) in [6.07, 6.45) is 1.93. The summed E-state index contributed by atoms with van der Waals surface area (Å²) in [5.41, 5.74) is 2.61. The van der Waals surface area contributed by atoms with Gasteiger partial charge in [0.25, 0.3) is 0 Å². The van der Waals surface area contributed by atoms with E-state index in [1.54, 1.807) is 6.92 Å². The summed E-state index contributed by atoms with van der Waals surface area (Å²) in [6.45, 7) is 3.59. The smallest absolute Gasteiger partial charge is 0.227 e. The van der Waals surface area contributed by atoms with Gasteiger partial charge in [-0.1, -0.05) is 11.6 Å². The fraction of sp³-hybridized carbons (Fsp3) is 0.385. The minimum absolute atomic E-state index is 0.0363. The molecular weight excluding hydrogens is 236 g/mol. The van der Waals surface area contributed by atoms with Crippen LogP contribution in [-0.2, 0) is 4.79 Å². The van der Waals surface area contributed by atoms with Crippen molar-refractivity contribution in [1.29, 1.82) is 5.41 Å². The molecule has 0 saturated heterocycles. The van der Waals surface area contributed by atoms with Gasteiger partial charge in [-0.15, -0.1) is 0 Å². The van der Waals surface area contributed by atoms with Gasteiger partial charge in [-0.05, 0) is 44.4 Å². The largest absolute Gasteiger partial charge is 0.325 e. The van der Waals surface area contributed by atoms with Crippen LogP contribution >= 0.6 is 11.6 Å². The first kappa shape index (κ1) is 12.1. The van der Waals surface area contributed by atoms with Gasteiger partial charge in [0.15, 0.2) is 0 Å². The number of aryl methyl sites for hydroxylation is 1. The molecule has 0 bridgehead atoms. The Balaban J connectivity index is 2.36. The highest BCUT2D eigenvalue weighted by atomic mass is 35.5. The highest BCUT2D eigenvalue weighted by molar-refractivity contribution is 6.35. The van der Waals surface area contributed by atoms with Crippen LogP contribution in [-0.4, -0.2) is 11.6 Å². The lowest BCUT2D eigenvalue weighted by atomic mass is 10.1. The molecule has 17 heavy (non-hydrogen) atoms. The lowest BCUT2D eigenvalue weighted by Crippen LogP contribution is -2.16. The van der Waals surface area contributed by atoms with Crippen molar-refractivity contribution in [2.45, 2.75) is 26.7 Å². The van der Waals surface area contributed by atoms with Crippen molar-refractivity contribution < 1.29 is 4.79 Å². The lowest BCUT2D eigenvalue weighted by Gasteiger charge is -2.13. The average molecular weight is 251 g/mol. The Hall–Kier alpha value is -1.35. The van der Waals surface area contributed by atoms with Crippen molar-refractivity contribution in [2.24, 2.45) is 5.92 Å². The van der Waals surface area contributed by atoms with Crippen molar-refractivity contribution >= 4 is 28.9 Å². The lowest BCUT2D eigenvalue weighted by molar-refractivity contribution is -0.117. The Bertz CT molecular complexity index is 492. The maximum absolute atomic E-state index is 11.7. The van der Waals surface area contributed by atoms with E-state index in [2.05, 4.69) is 5.32 Å². The quantitative estimate of drug-likeness (QED) is 0.794. The summed E-state index contributed by atoms with van der Waals surface area (Å²) in [5, 5.41) is 11.1. The third kappa shape index (κ3) is 2.67. The van der Waals surface area contributed by atoms with Crippen LogP contribution in [0.4, 0.5) is 5.69 Å². The molecule has 1 aromatic rings. The molecule has 0 atom stereocenters. The van der Waals surface area contributed by atoms with Gasteiger partial charge in [0.05, 0.1) is 10.7 Å². The monoisotopic (exact) mass is 250 g/mol. The van der Waals surface area contributed by atoms with Crippen LogP contribution in [0.1, 0.15) is 30.9 Å². The second-order valence-corrected chi connectivity index (χ2v) is 4.97. The van der Waals surface area contributed by atoms with E-state index in [-0.39, 0.29) is 11.8 Å². The molecule has 0 aliphatic heterocycles. The maximum atomic E-state index is 11.7. The second-order valence-electron chi connectivity index (χ2n) is 4.56. The second kappa shape index (κ2) is 4.49. The van der Waals surface area contributed by atoms with Gasteiger partial charge in [-0.25, -0.2) is 0 Å². The van der Waals surface area contributed by atoms with Gasteiger partial charge < -0.3 is 10.7 Å². The standard InChI is InChI=1S/C13H15ClN2O/c1-7-5-10(14)12(8(2)15)11(6-7)16-13(17)9-3-4-9/h5-6,9,15H,3-4H2,1-2H3,(H,16,17). The van der Waals surface area contributed by atoms with Crippen LogP contribution in [0, 0.1) is 18.3 Å². The molecule has 1 fully saturated rings. The van der Waals surface area contributed by atoms with Crippen LogP contribution in [0.3, 0.4) is 0 Å². The number of rotatable bonds is 3. The van der Waals surface area contributed by atoms with Crippen LogP contribution < -0.4 is 5.32 Å². The summed E-state index contributed by atoms with van der Waals surface area (Å²) >= 11 is 6.12. The Morgan fingerprint density at radius 2 is 2.12 bits per heavy atom. The zero-order chi connectivity index (χ0) is 12.6. The Labute approximate surface area is 106 Å². The van der Waals surface area contributed by atoms with E-state index in [1.165, 1.54) is 0 Å². The summed E-state index contributed by atoms with van der Waals surface area (Å²) in [6, 6.07) is 3.67. The Morgan fingerprint density at radius 3 is 2.65 bits per heavy atom. The SMILES string of the molecule is CC(=N)c1c(Cl)cc(C)cc1NC(=O)C1CC1. The van der Waals surface area contributed by atoms with E-state index in [1.807, 2.05) is 19.1 Å². The number of carbonyl (C=O) groups excluding carboxylic acids is 1. The summed E-state index contributed by atoms with van der Waals surface area (Å²) in [7, 11) is 0. The zero-order valence-corrected chi connectivity index (χ0v) is 10.7. The van der Waals surface area contributed by atoms with Crippen molar-refractivity contribution in [3.8, 4) is 0 Å². The molecule has 3 nitrogen and oxygen atoms in total. The first-order valence-electron chi connectivity index (χ1n) is 5.65. The number of halogens is 1. The molecule has 90 valence electrons. The molecule has 1 aliphatic carbocycles. The topological polar surface area (TPSA) is 53.0 Å². The Kier molecular flexibility index (Phi) is 3.20. The normalized spacial score (nSPS) is 14.5. The van der Waals surface area contributed by atoms with E-state index in [0.717, 1.165) is 18.4 Å². The molecule has 1 amide bonds. The van der Waals surface area contributed by atoms with Crippen LogP contribution in [0.5, 0.6) is 0 Å². The number of benzene rings is 1. The van der Waals surface area contributed by atoms with Crippen LogP contribution in [0.25, 0.3) is 0 Å². The highest BCUT2D eigenvalue weighted by Crippen LogP contribution is 2.32. The van der Waals surface area contributed by atoms with Crippen molar-refractivity contribution in [3.63, 3.8) is 0 Å². The zero-order valence-electron chi connectivity index (χ0n) is 9.93. The van der Waals surface area contributed by atoms with Crippen LogP contribution in [0.2, 0.25) is 5.02 Å². The molecule has 0 aromatic heterocycles. The average Bonchev–Trinajstić information content (AvgIpc) is 2.97. The molecule has 1 aliphatic rings. The molecule has 1 aromatic carbocycles. The fourth-order valence-electron chi connectivity index (χ4n) is 1.80. The number of hydrogen-bond acceptors (Lipinski definition) is 2. The molecule has 4 heteroatoms. The molecule has 1 saturated carbocycles. The summed E-state index contributed by atoms with van der Waals surface area (Å²) < 4.78 is 0. The molecule has 0 heterocycles. The number of carbonyl (C=O) groups is 1. The van der Waals surface area contributed by atoms with E-state index in [0.29, 0.717) is 22.0 Å². The van der Waals surface area contributed by atoms with E-state index in [9.17, 15) is 4.79 Å².